The number of aliphatic hydroxyl groups is 1. The van der Waals surface area contributed by atoms with Gasteiger partial charge in [-0.15, -0.1) is 0 Å². The van der Waals surface area contributed by atoms with E-state index in [0.717, 1.165) is 31.2 Å². The van der Waals surface area contributed by atoms with Crippen LogP contribution in [-0.4, -0.2) is 18.3 Å². The lowest BCUT2D eigenvalue weighted by molar-refractivity contribution is 0.0700. The Hall–Kier alpha value is -1.09. The summed E-state index contributed by atoms with van der Waals surface area (Å²) in [6, 6.07) is 5.04. The van der Waals surface area contributed by atoms with Crippen molar-refractivity contribution in [1.29, 1.82) is 0 Å². The molecule has 1 aliphatic rings. The van der Waals surface area contributed by atoms with Crippen molar-refractivity contribution in [1.82, 2.24) is 0 Å². The van der Waals surface area contributed by atoms with Crippen LogP contribution in [0.2, 0.25) is 0 Å². The van der Waals surface area contributed by atoms with Crippen LogP contribution < -0.4 is 4.74 Å². The van der Waals surface area contributed by atoms with Gasteiger partial charge in [-0.05, 0) is 42.9 Å². The molecule has 0 aromatic heterocycles. The van der Waals surface area contributed by atoms with Crippen molar-refractivity contribution in [2.45, 2.75) is 38.2 Å². The van der Waals surface area contributed by atoms with Gasteiger partial charge in [0, 0.05) is 0 Å². The van der Waals surface area contributed by atoms with Crippen molar-refractivity contribution in [3.63, 3.8) is 0 Å². The van der Waals surface area contributed by atoms with Gasteiger partial charge in [-0.1, -0.05) is 18.9 Å². The summed E-state index contributed by atoms with van der Waals surface area (Å²) >= 11 is 0. The van der Waals surface area contributed by atoms with E-state index < -0.39 is 0 Å². The van der Waals surface area contributed by atoms with E-state index in [-0.39, 0.29) is 23.6 Å². The lowest BCUT2D eigenvalue weighted by Crippen LogP contribution is -2.26. The summed E-state index contributed by atoms with van der Waals surface area (Å²) in [6.45, 7) is 0. The highest BCUT2D eigenvalue weighted by atomic mass is 19.1. The molecule has 0 radical (unpaired) electrons. The number of halogens is 1. The maximum Gasteiger partial charge on any atom is 0.165 e. The third-order valence-electron chi connectivity index (χ3n) is 3.58. The topological polar surface area (TPSA) is 29.5 Å². The highest BCUT2D eigenvalue weighted by molar-refractivity contribution is 5.29. The zero-order valence-electron chi connectivity index (χ0n) is 10.2. The van der Waals surface area contributed by atoms with Crippen molar-refractivity contribution < 1.29 is 14.2 Å². The number of aliphatic hydroxyl groups excluding tert-OH is 1. The van der Waals surface area contributed by atoms with Gasteiger partial charge in [-0.2, -0.15) is 0 Å². The highest BCUT2D eigenvalue weighted by Gasteiger charge is 2.23. The third kappa shape index (κ3) is 2.97. The van der Waals surface area contributed by atoms with Crippen LogP contribution in [0.5, 0.6) is 5.75 Å². The van der Waals surface area contributed by atoms with Gasteiger partial charge in [0.15, 0.2) is 11.6 Å². The smallest absolute Gasteiger partial charge is 0.165 e. The zero-order chi connectivity index (χ0) is 12.3. The first kappa shape index (κ1) is 12.4. The van der Waals surface area contributed by atoms with Crippen LogP contribution in [0.1, 0.15) is 31.2 Å². The van der Waals surface area contributed by atoms with Crippen molar-refractivity contribution in [2.75, 3.05) is 7.11 Å². The maximum absolute atomic E-state index is 13.5. The fourth-order valence-electron chi connectivity index (χ4n) is 2.57. The molecule has 1 saturated carbocycles. The number of hydrogen-bond donors (Lipinski definition) is 1. The quantitative estimate of drug-likeness (QED) is 0.877. The Kier molecular flexibility index (Phi) is 4.00. The molecule has 94 valence electrons. The van der Waals surface area contributed by atoms with Crippen LogP contribution >= 0.6 is 0 Å². The van der Waals surface area contributed by atoms with Crippen LogP contribution in [0.3, 0.4) is 0 Å². The maximum atomic E-state index is 13.5. The Labute approximate surface area is 101 Å². The Morgan fingerprint density at radius 3 is 2.76 bits per heavy atom. The Bertz CT molecular complexity index is 378. The lowest BCUT2D eigenvalue weighted by atomic mass is 9.82. The second-order valence-electron chi connectivity index (χ2n) is 4.78. The predicted octanol–water partition coefficient (Wildman–Crippen LogP) is 2.93. The Balaban J connectivity index is 2.05. The molecule has 3 heteroatoms. The van der Waals surface area contributed by atoms with Gasteiger partial charge in [-0.3, -0.25) is 0 Å². The molecular formula is C14H19FO2. The van der Waals surface area contributed by atoms with E-state index >= 15 is 0 Å². The standard InChI is InChI=1S/C14H19FO2/c1-17-14-7-6-10(9-12(14)15)8-11-4-2-3-5-13(11)16/h6-7,9,11,13,16H,2-5,8H2,1H3. The predicted molar refractivity (Wildman–Crippen MR) is 64.6 cm³/mol. The molecule has 17 heavy (non-hydrogen) atoms. The van der Waals surface area contributed by atoms with Crippen molar-refractivity contribution >= 4 is 0 Å². The Morgan fingerprint density at radius 1 is 1.35 bits per heavy atom. The average Bonchev–Trinajstić information content (AvgIpc) is 2.32. The molecule has 2 rings (SSSR count). The molecule has 0 aliphatic heterocycles. The number of benzene rings is 1. The Morgan fingerprint density at radius 2 is 2.12 bits per heavy atom. The lowest BCUT2D eigenvalue weighted by Gasteiger charge is -2.27. The van der Waals surface area contributed by atoms with Gasteiger partial charge >= 0.3 is 0 Å². The average molecular weight is 238 g/mol. The molecule has 0 heterocycles. The van der Waals surface area contributed by atoms with E-state index in [9.17, 15) is 9.50 Å². The first-order valence-corrected chi connectivity index (χ1v) is 6.21. The SMILES string of the molecule is COc1ccc(CC2CCCCC2O)cc1F. The number of rotatable bonds is 3. The molecule has 1 aliphatic carbocycles. The normalized spacial score (nSPS) is 24.6. The van der Waals surface area contributed by atoms with Crippen LogP contribution in [0, 0.1) is 11.7 Å². The number of ether oxygens (including phenoxy) is 1. The van der Waals surface area contributed by atoms with Crippen LogP contribution in [-0.2, 0) is 6.42 Å². The van der Waals surface area contributed by atoms with Gasteiger partial charge in [0.2, 0.25) is 0 Å². The van der Waals surface area contributed by atoms with Gasteiger partial charge in [0.25, 0.3) is 0 Å². The molecule has 1 aromatic rings. The summed E-state index contributed by atoms with van der Waals surface area (Å²) in [5, 5.41) is 9.88. The summed E-state index contributed by atoms with van der Waals surface area (Å²) < 4.78 is 18.4. The fourth-order valence-corrected chi connectivity index (χ4v) is 2.57. The second kappa shape index (κ2) is 5.50. The summed E-state index contributed by atoms with van der Waals surface area (Å²) in [4.78, 5) is 0. The first-order chi connectivity index (χ1) is 8.20. The van der Waals surface area contributed by atoms with Gasteiger partial charge < -0.3 is 9.84 Å². The van der Waals surface area contributed by atoms with Crippen molar-refractivity contribution in [2.24, 2.45) is 5.92 Å². The van der Waals surface area contributed by atoms with Gasteiger partial charge in [0.1, 0.15) is 0 Å². The summed E-state index contributed by atoms with van der Waals surface area (Å²) in [6.07, 6.45) is 4.71. The molecule has 2 unspecified atom stereocenters. The van der Waals surface area contributed by atoms with E-state index in [4.69, 9.17) is 4.74 Å². The molecule has 0 spiro atoms. The molecule has 1 aromatic carbocycles. The molecule has 2 atom stereocenters. The van der Waals surface area contributed by atoms with Crippen molar-refractivity contribution in [3.05, 3.63) is 29.6 Å². The zero-order valence-corrected chi connectivity index (χ0v) is 10.2. The van der Waals surface area contributed by atoms with E-state index in [0.29, 0.717) is 0 Å². The first-order valence-electron chi connectivity index (χ1n) is 6.21. The highest BCUT2D eigenvalue weighted by Crippen LogP contribution is 2.28. The van der Waals surface area contributed by atoms with E-state index in [1.165, 1.54) is 19.6 Å². The number of hydrogen-bond acceptors (Lipinski definition) is 2. The molecule has 0 amide bonds. The minimum atomic E-state index is -0.324. The van der Waals surface area contributed by atoms with Crippen LogP contribution in [0.25, 0.3) is 0 Å². The fraction of sp³-hybridized carbons (Fsp3) is 0.571. The van der Waals surface area contributed by atoms with E-state index in [2.05, 4.69) is 0 Å². The summed E-state index contributed by atoms with van der Waals surface area (Å²) in [7, 11) is 1.46. The van der Waals surface area contributed by atoms with Crippen molar-refractivity contribution in [3.8, 4) is 5.75 Å². The van der Waals surface area contributed by atoms with Gasteiger partial charge in [0.05, 0.1) is 13.2 Å². The summed E-state index contributed by atoms with van der Waals surface area (Å²) in [5.74, 6) is 0.227. The molecule has 0 bridgehead atoms. The largest absolute Gasteiger partial charge is 0.494 e. The minimum Gasteiger partial charge on any atom is -0.494 e. The molecule has 2 nitrogen and oxygen atoms in total. The van der Waals surface area contributed by atoms with Crippen LogP contribution in [0.15, 0.2) is 18.2 Å². The molecular weight excluding hydrogens is 219 g/mol. The minimum absolute atomic E-state index is 0.228. The van der Waals surface area contributed by atoms with Crippen LogP contribution in [0.4, 0.5) is 4.39 Å². The van der Waals surface area contributed by atoms with E-state index in [1.807, 2.05) is 6.07 Å². The van der Waals surface area contributed by atoms with Gasteiger partial charge in [-0.25, -0.2) is 4.39 Å². The monoisotopic (exact) mass is 238 g/mol. The van der Waals surface area contributed by atoms with E-state index in [1.54, 1.807) is 6.07 Å². The molecule has 1 N–H and O–H groups in total. The summed E-state index contributed by atoms with van der Waals surface area (Å²) in [5.41, 5.74) is 0.939. The third-order valence-corrected chi connectivity index (χ3v) is 3.58. The second-order valence-corrected chi connectivity index (χ2v) is 4.78. The molecule has 1 fully saturated rings. The number of methoxy groups -OCH3 is 1. The molecule has 0 saturated heterocycles.